The monoisotopic (exact) mass is 562 g/mol. The molecule has 1 aromatic carbocycles. The number of hydrogen-bond acceptors (Lipinski definition) is 7. The fraction of sp³-hybridized carbons (Fsp3) is 0.467. The van der Waals surface area contributed by atoms with Crippen LogP contribution < -0.4 is 21.7 Å². The van der Waals surface area contributed by atoms with Crippen LogP contribution in [-0.4, -0.2) is 56.5 Å². The number of carbonyl (C=O) groups excluding carboxylic acids is 2. The van der Waals surface area contributed by atoms with Crippen molar-refractivity contribution in [2.75, 3.05) is 29.0 Å². The third-order valence-electron chi connectivity index (χ3n) is 8.05. The van der Waals surface area contributed by atoms with E-state index in [1.165, 1.54) is 10.6 Å². The number of carbonyl (C=O) groups is 2. The van der Waals surface area contributed by atoms with Gasteiger partial charge in [0.25, 0.3) is 0 Å². The first-order valence-electron chi connectivity index (χ1n) is 14.4. The van der Waals surface area contributed by atoms with Crippen LogP contribution in [0.1, 0.15) is 63.0 Å². The van der Waals surface area contributed by atoms with E-state index in [-0.39, 0.29) is 47.4 Å². The number of benzene rings is 1. The molecule has 2 fully saturated rings. The molecule has 1 aliphatic carbocycles. The normalized spacial score (nSPS) is 20.8. The number of nitrogens with two attached hydrogens (primary N) is 1. The summed E-state index contributed by atoms with van der Waals surface area (Å²) in [7, 11) is 0. The van der Waals surface area contributed by atoms with Crippen LogP contribution in [0.15, 0.2) is 43.1 Å². The predicted octanol–water partition coefficient (Wildman–Crippen LogP) is 4.26. The fourth-order valence-electron chi connectivity index (χ4n) is 5.60. The van der Waals surface area contributed by atoms with Gasteiger partial charge in [-0.2, -0.15) is 14.0 Å². The van der Waals surface area contributed by atoms with Gasteiger partial charge < -0.3 is 26.6 Å². The summed E-state index contributed by atoms with van der Waals surface area (Å²) < 4.78 is 17.4. The van der Waals surface area contributed by atoms with Crippen LogP contribution in [0, 0.1) is 11.7 Å². The number of amides is 2. The topological polar surface area (TPSA) is 130 Å². The maximum atomic E-state index is 15.9. The molecule has 2 aromatic heterocycles. The molecule has 0 bridgehead atoms. The Hall–Kier alpha value is -3.99. The van der Waals surface area contributed by atoms with Gasteiger partial charge in [-0.1, -0.05) is 32.6 Å². The molecule has 1 unspecified atom stereocenters. The average Bonchev–Trinajstić information content (AvgIpc) is 3.62. The number of nitrogens with zero attached hydrogens (tertiary/aromatic N) is 4. The number of halogens is 1. The van der Waals surface area contributed by atoms with Crippen molar-refractivity contribution in [2.45, 2.75) is 70.5 Å². The van der Waals surface area contributed by atoms with Crippen LogP contribution >= 0.6 is 0 Å². The third-order valence-corrected chi connectivity index (χ3v) is 8.05. The van der Waals surface area contributed by atoms with Gasteiger partial charge in [-0.05, 0) is 61.8 Å². The second-order valence-electron chi connectivity index (χ2n) is 11.4. The van der Waals surface area contributed by atoms with E-state index in [0.29, 0.717) is 37.4 Å². The molecule has 1 saturated carbocycles. The van der Waals surface area contributed by atoms with Crippen LogP contribution in [0.5, 0.6) is 0 Å². The summed E-state index contributed by atoms with van der Waals surface area (Å²) in [6.45, 7) is 8.86. The van der Waals surface area contributed by atoms with E-state index in [1.807, 2.05) is 24.3 Å². The quantitative estimate of drug-likeness (QED) is 0.287. The molecule has 0 radical (unpaired) electrons. The summed E-state index contributed by atoms with van der Waals surface area (Å²) in [6.07, 6.45) is 7.15. The van der Waals surface area contributed by atoms with E-state index in [2.05, 4.69) is 46.5 Å². The maximum absolute atomic E-state index is 15.9. The van der Waals surface area contributed by atoms with Crippen LogP contribution in [0.3, 0.4) is 0 Å². The first-order chi connectivity index (χ1) is 19.7. The summed E-state index contributed by atoms with van der Waals surface area (Å²) >= 11 is 0. The van der Waals surface area contributed by atoms with Gasteiger partial charge in [-0.15, -0.1) is 0 Å². The summed E-state index contributed by atoms with van der Waals surface area (Å²) in [5.74, 6) is -0.455. The SMILES string of the molecule is C=CC(=O)N1CCC(C(=O)Nc2cccc(CNc3c(F)c(NC4CCC(N)CC4)nc4c(C(C)C)cnn34)c2)C1. The molecule has 41 heavy (non-hydrogen) atoms. The van der Waals surface area contributed by atoms with Gasteiger partial charge in [0, 0.05) is 43.0 Å². The number of likely N-dealkylation sites (tertiary alicyclic amines) is 1. The molecule has 1 aliphatic heterocycles. The molecule has 5 N–H and O–H groups in total. The smallest absolute Gasteiger partial charge is 0.245 e. The molecular weight excluding hydrogens is 523 g/mol. The molecule has 5 rings (SSSR count). The summed E-state index contributed by atoms with van der Waals surface area (Å²) in [6, 6.07) is 7.73. The zero-order valence-corrected chi connectivity index (χ0v) is 23.7. The lowest BCUT2D eigenvalue weighted by atomic mass is 9.92. The minimum Gasteiger partial charge on any atom is -0.365 e. The molecule has 2 aliphatic rings. The van der Waals surface area contributed by atoms with E-state index in [4.69, 9.17) is 5.73 Å². The Balaban J connectivity index is 1.32. The molecular formula is C30H39FN8O2. The number of fused-ring (bicyclic) bond motifs is 1. The molecule has 1 atom stereocenters. The molecule has 218 valence electrons. The first-order valence-corrected chi connectivity index (χ1v) is 14.4. The average molecular weight is 563 g/mol. The zero-order valence-electron chi connectivity index (χ0n) is 23.7. The highest BCUT2D eigenvalue weighted by Crippen LogP contribution is 2.30. The van der Waals surface area contributed by atoms with Crippen molar-refractivity contribution in [2.24, 2.45) is 11.7 Å². The molecule has 11 heteroatoms. The minimum atomic E-state index is -0.491. The minimum absolute atomic E-state index is 0.111. The Bertz CT molecular complexity index is 1430. The van der Waals surface area contributed by atoms with Crippen molar-refractivity contribution in [3.05, 3.63) is 60.1 Å². The van der Waals surface area contributed by atoms with Crippen LogP contribution in [0.2, 0.25) is 0 Å². The summed E-state index contributed by atoms with van der Waals surface area (Å²) in [4.78, 5) is 31.0. The molecule has 1 saturated heterocycles. The van der Waals surface area contributed by atoms with E-state index in [9.17, 15) is 9.59 Å². The van der Waals surface area contributed by atoms with Gasteiger partial charge in [-0.25, -0.2) is 4.98 Å². The number of aromatic nitrogens is 3. The van der Waals surface area contributed by atoms with Gasteiger partial charge in [0.2, 0.25) is 17.6 Å². The van der Waals surface area contributed by atoms with Gasteiger partial charge in [-0.3, -0.25) is 9.59 Å². The van der Waals surface area contributed by atoms with Crippen molar-refractivity contribution >= 4 is 34.8 Å². The Kier molecular flexibility index (Phi) is 8.53. The van der Waals surface area contributed by atoms with E-state index in [1.54, 1.807) is 11.1 Å². The van der Waals surface area contributed by atoms with Gasteiger partial charge >= 0.3 is 0 Å². The van der Waals surface area contributed by atoms with Crippen LogP contribution in [0.25, 0.3) is 5.65 Å². The van der Waals surface area contributed by atoms with Crippen LogP contribution in [-0.2, 0) is 16.1 Å². The fourth-order valence-corrected chi connectivity index (χ4v) is 5.60. The highest BCUT2D eigenvalue weighted by Gasteiger charge is 2.30. The Morgan fingerprint density at radius 1 is 1.22 bits per heavy atom. The zero-order chi connectivity index (χ0) is 29.1. The maximum Gasteiger partial charge on any atom is 0.245 e. The lowest BCUT2D eigenvalue weighted by Gasteiger charge is -2.27. The second-order valence-corrected chi connectivity index (χ2v) is 11.4. The highest BCUT2D eigenvalue weighted by molar-refractivity contribution is 5.94. The standard InChI is InChI=1S/C30H39FN8O2/c1-4-25(40)38-13-12-20(17-38)30(41)36-23-7-5-6-19(14-23)15-33-29-26(31)27(35-22-10-8-21(32)9-11-22)37-28-24(18(2)3)16-34-39(28)29/h4-7,14,16,18,20-22,33H,1,8-13,15,17,32H2,2-3H3,(H,35,37)(H,36,41). The van der Waals surface area contributed by atoms with Gasteiger partial charge in [0.05, 0.1) is 12.1 Å². The molecule has 10 nitrogen and oxygen atoms in total. The molecule has 2 amide bonds. The Morgan fingerprint density at radius 3 is 2.73 bits per heavy atom. The van der Waals surface area contributed by atoms with E-state index < -0.39 is 5.82 Å². The number of hydrogen-bond donors (Lipinski definition) is 4. The van der Waals surface area contributed by atoms with Crippen molar-refractivity contribution in [3.63, 3.8) is 0 Å². The van der Waals surface area contributed by atoms with Crippen molar-refractivity contribution in [1.29, 1.82) is 0 Å². The number of anilines is 3. The summed E-state index contributed by atoms with van der Waals surface area (Å²) in [5.41, 5.74) is 9.11. The molecule has 3 aromatic rings. The Labute approximate surface area is 239 Å². The van der Waals surface area contributed by atoms with Crippen LogP contribution in [0.4, 0.5) is 21.7 Å². The van der Waals surface area contributed by atoms with Gasteiger partial charge in [0.15, 0.2) is 17.3 Å². The summed E-state index contributed by atoms with van der Waals surface area (Å²) in [5, 5.41) is 14.0. The van der Waals surface area contributed by atoms with E-state index >= 15 is 4.39 Å². The number of nitrogens with one attached hydrogen (secondary N) is 3. The highest BCUT2D eigenvalue weighted by atomic mass is 19.1. The molecule has 3 heterocycles. The van der Waals surface area contributed by atoms with Crippen molar-refractivity contribution in [3.8, 4) is 0 Å². The Morgan fingerprint density at radius 2 is 2.00 bits per heavy atom. The predicted molar refractivity (Wildman–Crippen MR) is 158 cm³/mol. The first kappa shape index (κ1) is 28.5. The largest absolute Gasteiger partial charge is 0.365 e. The molecule has 0 spiro atoms. The lowest BCUT2D eigenvalue weighted by molar-refractivity contribution is -0.125. The second kappa shape index (κ2) is 12.3. The number of rotatable bonds is 9. The third kappa shape index (κ3) is 6.35. The van der Waals surface area contributed by atoms with Crippen molar-refractivity contribution < 1.29 is 14.0 Å². The van der Waals surface area contributed by atoms with E-state index in [0.717, 1.165) is 36.8 Å². The lowest BCUT2D eigenvalue weighted by Crippen LogP contribution is -2.33. The van der Waals surface area contributed by atoms with Crippen molar-refractivity contribution in [1.82, 2.24) is 19.5 Å². The van der Waals surface area contributed by atoms with Gasteiger partial charge in [0.1, 0.15) is 0 Å².